The number of sulfone groups is 1. The summed E-state index contributed by atoms with van der Waals surface area (Å²) < 4.78 is 23.2. The number of amides is 2. The van der Waals surface area contributed by atoms with Gasteiger partial charge in [0.1, 0.15) is 6.04 Å². The number of rotatable bonds is 5. The van der Waals surface area contributed by atoms with Crippen molar-refractivity contribution in [3.63, 3.8) is 0 Å². The van der Waals surface area contributed by atoms with Crippen LogP contribution < -0.4 is 10.6 Å². The molecule has 0 aromatic heterocycles. The average molecular weight is 372 g/mol. The maximum atomic E-state index is 12.7. The molecule has 0 bridgehead atoms. The molecular weight excluding hydrogens is 352 g/mol. The number of carbonyl (C=O) groups is 2. The van der Waals surface area contributed by atoms with Gasteiger partial charge in [0, 0.05) is 5.69 Å². The van der Waals surface area contributed by atoms with Crippen LogP contribution >= 0.6 is 0 Å². The normalized spacial score (nSPS) is 19.5. The maximum Gasteiger partial charge on any atom is 0.251 e. The Balaban J connectivity index is 1.78. The maximum absolute atomic E-state index is 12.7. The number of carbonyl (C=O) groups excluding carboxylic acids is 2. The summed E-state index contributed by atoms with van der Waals surface area (Å²) in [4.78, 5) is 25.3. The molecule has 1 aliphatic rings. The number of hydrogen-bond donors (Lipinski definition) is 2. The highest BCUT2D eigenvalue weighted by Crippen LogP contribution is 2.21. The van der Waals surface area contributed by atoms with E-state index >= 15 is 0 Å². The van der Waals surface area contributed by atoms with Crippen molar-refractivity contribution in [1.82, 2.24) is 5.32 Å². The molecule has 3 rings (SSSR count). The van der Waals surface area contributed by atoms with Crippen molar-refractivity contribution in [2.75, 3.05) is 16.8 Å². The first kappa shape index (κ1) is 18.1. The fraction of sp³-hybridized carbons (Fsp3) is 0.263. The smallest absolute Gasteiger partial charge is 0.251 e. The summed E-state index contributed by atoms with van der Waals surface area (Å²) in [6.07, 6.45) is 0.288. The summed E-state index contributed by atoms with van der Waals surface area (Å²) in [5.41, 5.74) is 1.26. The van der Waals surface area contributed by atoms with Crippen molar-refractivity contribution in [2.45, 2.75) is 12.5 Å². The van der Waals surface area contributed by atoms with E-state index in [2.05, 4.69) is 10.6 Å². The third-order valence-corrected chi connectivity index (χ3v) is 6.09. The van der Waals surface area contributed by atoms with Gasteiger partial charge in [0.05, 0.1) is 17.4 Å². The molecule has 2 atom stereocenters. The average Bonchev–Trinajstić information content (AvgIpc) is 3.01. The quantitative estimate of drug-likeness (QED) is 0.839. The summed E-state index contributed by atoms with van der Waals surface area (Å²) in [7, 11) is -3.17. The summed E-state index contributed by atoms with van der Waals surface area (Å²) in [6.45, 7) is 0. The molecule has 2 aromatic carbocycles. The van der Waals surface area contributed by atoms with Crippen LogP contribution in [0.15, 0.2) is 60.7 Å². The minimum atomic E-state index is -3.17. The summed E-state index contributed by atoms with van der Waals surface area (Å²) in [5, 5.41) is 5.50. The van der Waals surface area contributed by atoms with E-state index in [-0.39, 0.29) is 23.8 Å². The molecule has 0 saturated carbocycles. The van der Waals surface area contributed by atoms with E-state index < -0.39 is 27.7 Å². The molecule has 136 valence electrons. The van der Waals surface area contributed by atoms with Crippen LogP contribution in [0.3, 0.4) is 0 Å². The van der Waals surface area contributed by atoms with E-state index in [1.165, 1.54) is 0 Å². The third-order valence-electron chi connectivity index (χ3n) is 4.33. The van der Waals surface area contributed by atoms with Crippen molar-refractivity contribution in [3.05, 3.63) is 66.2 Å². The zero-order valence-electron chi connectivity index (χ0n) is 14.1. The van der Waals surface area contributed by atoms with E-state index in [1.807, 2.05) is 12.1 Å². The van der Waals surface area contributed by atoms with Crippen LogP contribution in [0.2, 0.25) is 0 Å². The lowest BCUT2D eigenvalue weighted by Crippen LogP contribution is -2.40. The first-order valence-corrected chi connectivity index (χ1v) is 10.2. The Kier molecular flexibility index (Phi) is 5.37. The predicted octanol–water partition coefficient (Wildman–Crippen LogP) is 1.92. The number of hydrogen-bond acceptors (Lipinski definition) is 4. The van der Waals surface area contributed by atoms with Gasteiger partial charge in [-0.25, -0.2) is 8.42 Å². The second kappa shape index (κ2) is 7.70. The summed E-state index contributed by atoms with van der Waals surface area (Å²) >= 11 is 0. The molecular formula is C19H20N2O4S. The Morgan fingerprint density at radius 3 is 2.15 bits per heavy atom. The first-order chi connectivity index (χ1) is 12.4. The van der Waals surface area contributed by atoms with Crippen molar-refractivity contribution in [3.8, 4) is 0 Å². The zero-order valence-corrected chi connectivity index (χ0v) is 14.9. The van der Waals surface area contributed by atoms with E-state index in [0.29, 0.717) is 11.3 Å². The van der Waals surface area contributed by atoms with Crippen molar-refractivity contribution >= 4 is 27.3 Å². The molecule has 0 unspecified atom stereocenters. The Bertz CT molecular complexity index is 882. The molecule has 0 radical (unpaired) electrons. The second-order valence-corrected chi connectivity index (χ2v) is 8.54. The number of para-hydroxylation sites is 1. The molecule has 26 heavy (non-hydrogen) atoms. The minimum Gasteiger partial charge on any atom is -0.340 e. The van der Waals surface area contributed by atoms with Gasteiger partial charge in [-0.1, -0.05) is 48.5 Å². The van der Waals surface area contributed by atoms with Crippen LogP contribution in [0.25, 0.3) is 0 Å². The fourth-order valence-electron chi connectivity index (χ4n) is 2.94. The highest BCUT2D eigenvalue weighted by Gasteiger charge is 2.35. The van der Waals surface area contributed by atoms with Gasteiger partial charge in [-0.2, -0.15) is 0 Å². The van der Waals surface area contributed by atoms with Gasteiger partial charge in [0.25, 0.3) is 5.91 Å². The topological polar surface area (TPSA) is 92.3 Å². The van der Waals surface area contributed by atoms with Crippen molar-refractivity contribution < 1.29 is 18.0 Å². The molecule has 1 fully saturated rings. The lowest BCUT2D eigenvalue weighted by Gasteiger charge is -2.20. The summed E-state index contributed by atoms with van der Waals surface area (Å²) in [6, 6.07) is 16.9. The Morgan fingerprint density at radius 1 is 0.962 bits per heavy atom. The highest BCUT2D eigenvalue weighted by atomic mass is 32.2. The molecule has 0 spiro atoms. The fourth-order valence-corrected chi connectivity index (χ4v) is 4.68. The molecule has 1 aliphatic heterocycles. The number of nitrogens with one attached hydrogen (secondary N) is 2. The molecule has 2 N–H and O–H groups in total. The number of anilines is 1. The van der Waals surface area contributed by atoms with Crippen LogP contribution in [-0.4, -0.2) is 31.7 Å². The molecule has 6 nitrogen and oxygen atoms in total. The van der Waals surface area contributed by atoms with Gasteiger partial charge in [-0.3, -0.25) is 9.59 Å². The molecule has 2 amide bonds. The molecule has 7 heteroatoms. The lowest BCUT2D eigenvalue weighted by molar-refractivity contribution is -0.128. The number of benzene rings is 2. The van der Waals surface area contributed by atoms with E-state index in [0.717, 1.165) is 0 Å². The van der Waals surface area contributed by atoms with Crippen LogP contribution in [0.4, 0.5) is 5.69 Å². The molecule has 1 heterocycles. The third kappa shape index (κ3) is 4.49. The van der Waals surface area contributed by atoms with Crippen LogP contribution in [0.5, 0.6) is 0 Å². The highest BCUT2D eigenvalue weighted by molar-refractivity contribution is 7.91. The lowest BCUT2D eigenvalue weighted by atomic mass is 10.0. The van der Waals surface area contributed by atoms with Gasteiger partial charge in [-0.05, 0) is 24.1 Å². The monoisotopic (exact) mass is 372 g/mol. The van der Waals surface area contributed by atoms with Gasteiger partial charge < -0.3 is 10.6 Å². The van der Waals surface area contributed by atoms with E-state index in [4.69, 9.17) is 0 Å². The van der Waals surface area contributed by atoms with Crippen molar-refractivity contribution in [2.24, 2.45) is 5.92 Å². The molecule has 1 saturated heterocycles. The predicted molar refractivity (Wildman–Crippen MR) is 99.2 cm³/mol. The van der Waals surface area contributed by atoms with Crippen molar-refractivity contribution in [1.29, 1.82) is 0 Å². The first-order valence-electron chi connectivity index (χ1n) is 8.36. The second-order valence-electron chi connectivity index (χ2n) is 6.31. The van der Waals surface area contributed by atoms with E-state index in [1.54, 1.807) is 48.5 Å². The largest absolute Gasteiger partial charge is 0.340 e. The molecule has 2 aromatic rings. The van der Waals surface area contributed by atoms with Gasteiger partial charge >= 0.3 is 0 Å². The minimum absolute atomic E-state index is 0.0112. The Morgan fingerprint density at radius 2 is 1.58 bits per heavy atom. The summed E-state index contributed by atoms with van der Waals surface area (Å²) in [5.74, 6) is -1.56. The zero-order chi connectivity index (χ0) is 18.6. The standard InChI is InChI=1S/C19H20N2O4S/c22-18(15-11-12-26(24,25)13-15)21-17(14-7-3-1-4-8-14)19(23)20-16-9-5-2-6-10-16/h1-10,15,17H,11-13H2,(H,20,23)(H,21,22)/t15-,17-/m1/s1. The van der Waals surface area contributed by atoms with Gasteiger partial charge in [0.15, 0.2) is 9.84 Å². The SMILES string of the molecule is O=C(N[C@@H](C(=O)Nc1ccccc1)c1ccccc1)[C@@H]1CCS(=O)(=O)C1. The molecule has 0 aliphatic carbocycles. The Labute approximate surface area is 152 Å². The van der Waals surface area contributed by atoms with Crippen LogP contribution in [-0.2, 0) is 19.4 Å². The van der Waals surface area contributed by atoms with Gasteiger partial charge in [-0.15, -0.1) is 0 Å². The Hall–Kier alpha value is -2.67. The van der Waals surface area contributed by atoms with E-state index in [9.17, 15) is 18.0 Å². The van der Waals surface area contributed by atoms with Gasteiger partial charge in [0.2, 0.25) is 5.91 Å². The van der Waals surface area contributed by atoms with Crippen LogP contribution in [0, 0.1) is 5.92 Å². The van der Waals surface area contributed by atoms with Crippen LogP contribution in [0.1, 0.15) is 18.0 Å².